The van der Waals surface area contributed by atoms with Crippen LogP contribution in [0.5, 0.6) is 0 Å². The minimum Gasteiger partial charge on any atom is -0.314 e. The first-order chi connectivity index (χ1) is 28.6. The van der Waals surface area contributed by atoms with Crippen LogP contribution in [-0.4, -0.2) is 15.8 Å². The maximum Gasteiger partial charge on any atom is 0.252 e. The predicted molar refractivity (Wildman–Crippen MR) is 251 cm³/mol. The van der Waals surface area contributed by atoms with E-state index in [0.717, 1.165) is 48.4 Å². The Bertz CT molecular complexity index is 2910. The Kier molecular flexibility index (Phi) is 8.41. The number of para-hydroxylation sites is 4. The van der Waals surface area contributed by atoms with Crippen molar-refractivity contribution >= 4 is 93.7 Å². The number of hydrogen-bond donors (Lipinski definition) is 0. The number of rotatable bonds is 10. The van der Waals surface area contributed by atoms with Crippen LogP contribution in [0.1, 0.15) is 37.9 Å². The molecule has 280 valence electrons. The van der Waals surface area contributed by atoms with Crippen molar-refractivity contribution < 1.29 is 0 Å². The summed E-state index contributed by atoms with van der Waals surface area (Å²) in [5.74, 6) is 0. The molecule has 0 saturated heterocycles. The first kappa shape index (κ1) is 34.9. The van der Waals surface area contributed by atoms with Crippen molar-refractivity contribution in [2.45, 2.75) is 39.5 Å². The second kappa shape index (κ2) is 14.0. The standard InChI is InChI=1S/C52H44BN4P/c1-3-17-35-31-47-50-48(32-35)57-49(58)34-42-46(55(38-23-13-7-14-24-38)39-25-15-8-16-26-39)30-28-44(52(42)57)53(50)43-27-29-45(41-33-40(18-4-2)56(47)51(41)43)54(36-19-9-5-10-20-36)37-21-11-6-12-22-37/h5-16,19-34H,3-4,17-18,58H2,1-2H3. The third-order valence-corrected chi connectivity index (χ3v) is 12.6. The summed E-state index contributed by atoms with van der Waals surface area (Å²) in [6, 6.07) is 62.8. The van der Waals surface area contributed by atoms with E-state index >= 15 is 0 Å². The van der Waals surface area contributed by atoms with Gasteiger partial charge in [-0.3, -0.25) is 0 Å². The molecule has 7 aromatic carbocycles. The van der Waals surface area contributed by atoms with E-state index in [9.17, 15) is 0 Å². The lowest BCUT2D eigenvalue weighted by molar-refractivity contribution is 0.851. The molecule has 1 unspecified atom stereocenters. The van der Waals surface area contributed by atoms with Crippen LogP contribution in [0.15, 0.2) is 170 Å². The molecule has 9 aromatic rings. The summed E-state index contributed by atoms with van der Waals surface area (Å²) in [7, 11) is 3.12. The molecule has 1 atom stereocenters. The fourth-order valence-electron chi connectivity index (χ4n) is 9.98. The molecule has 0 N–H and O–H groups in total. The third kappa shape index (κ3) is 5.26. The first-order valence-corrected chi connectivity index (χ1v) is 21.3. The molecule has 0 radical (unpaired) electrons. The molecular weight excluding hydrogens is 722 g/mol. The van der Waals surface area contributed by atoms with E-state index < -0.39 is 0 Å². The van der Waals surface area contributed by atoms with Gasteiger partial charge in [-0.25, -0.2) is 0 Å². The van der Waals surface area contributed by atoms with Crippen molar-refractivity contribution in [3.05, 3.63) is 181 Å². The Morgan fingerprint density at radius 3 is 1.38 bits per heavy atom. The monoisotopic (exact) mass is 766 g/mol. The molecule has 2 aliphatic rings. The Labute approximate surface area is 343 Å². The van der Waals surface area contributed by atoms with Crippen LogP contribution < -0.4 is 31.6 Å². The summed E-state index contributed by atoms with van der Waals surface area (Å²) < 4.78 is 5.20. The maximum absolute atomic E-state index is 3.12. The maximum atomic E-state index is 3.12. The molecule has 6 heteroatoms. The Morgan fingerprint density at radius 1 is 0.483 bits per heavy atom. The number of benzene rings is 7. The molecule has 11 rings (SSSR count). The van der Waals surface area contributed by atoms with Gasteiger partial charge in [0.15, 0.2) is 0 Å². The molecular formula is C52H44BN4P. The zero-order chi connectivity index (χ0) is 38.9. The lowest BCUT2D eigenvalue weighted by Crippen LogP contribution is -2.60. The van der Waals surface area contributed by atoms with Crippen LogP contribution in [0, 0.1) is 0 Å². The summed E-state index contributed by atoms with van der Waals surface area (Å²) >= 11 is 0. The third-order valence-electron chi connectivity index (χ3n) is 12.2. The van der Waals surface area contributed by atoms with Gasteiger partial charge in [0.05, 0.1) is 22.4 Å². The topological polar surface area (TPSA) is 16.3 Å². The lowest BCUT2D eigenvalue weighted by atomic mass is 9.34. The second-order valence-corrected chi connectivity index (χ2v) is 16.3. The van der Waals surface area contributed by atoms with Crippen molar-refractivity contribution in [1.29, 1.82) is 0 Å². The molecule has 0 aliphatic carbocycles. The summed E-state index contributed by atoms with van der Waals surface area (Å²) in [6.45, 7) is 4.67. The number of hydrogen-bond acceptors (Lipinski definition) is 2. The van der Waals surface area contributed by atoms with E-state index in [4.69, 9.17) is 0 Å². The highest BCUT2D eigenvalue weighted by molar-refractivity contribution is 7.27. The van der Waals surface area contributed by atoms with Crippen LogP contribution in [0.2, 0.25) is 0 Å². The smallest absolute Gasteiger partial charge is 0.252 e. The Morgan fingerprint density at radius 2 is 0.914 bits per heavy atom. The van der Waals surface area contributed by atoms with Crippen LogP contribution >= 0.6 is 9.24 Å². The summed E-state index contributed by atoms with van der Waals surface area (Å²) in [5.41, 5.74) is 20.3. The predicted octanol–water partition coefficient (Wildman–Crippen LogP) is 11.1. The van der Waals surface area contributed by atoms with Crippen LogP contribution in [0.4, 0.5) is 34.1 Å². The van der Waals surface area contributed by atoms with Gasteiger partial charge in [0, 0.05) is 56.0 Å². The molecule has 58 heavy (non-hydrogen) atoms. The number of fused-ring (bicyclic) bond motifs is 4. The van der Waals surface area contributed by atoms with E-state index in [-0.39, 0.29) is 6.71 Å². The number of nitrogens with zero attached hydrogens (tertiary/aromatic N) is 4. The van der Waals surface area contributed by atoms with Crippen LogP contribution in [0.3, 0.4) is 0 Å². The minimum absolute atomic E-state index is 0.0706. The van der Waals surface area contributed by atoms with Crippen LogP contribution in [0.25, 0.3) is 33.2 Å². The van der Waals surface area contributed by atoms with Crippen molar-refractivity contribution in [2.24, 2.45) is 0 Å². The normalized spacial score (nSPS) is 12.3. The lowest BCUT2D eigenvalue weighted by Gasteiger charge is -2.36. The Hall–Kier alpha value is -6.29. The van der Waals surface area contributed by atoms with Crippen LogP contribution in [-0.2, 0) is 12.8 Å². The fourth-order valence-corrected chi connectivity index (χ4v) is 10.4. The number of anilines is 6. The molecule has 0 saturated carbocycles. The van der Waals surface area contributed by atoms with E-state index in [1.165, 1.54) is 77.6 Å². The second-order valence-electron chi connectivity index (χ2n) is 15.7. The highest BCUT2D eigenvalue weighted by atomic mass is 31.0. The van der Waals surface area contributed by atoms with Gasteiger partial charge in [0.25, 0.3) is 6.71 Å². The quantitative estimate of drug-likeness (QED) is 0.102. The van der Waals surface area contributed by atoms with E-state index in [1.807, 2.05) is 0 Å². The van der Waals surface area contributed by atoms with Gasteiger partial charge in [-0.15, -0.1) is 0 Å². The molecule has 0 amide bonds. The molecule has 0 bridgehead atoms. The Balaban J connectivity index is 1.22. The van der Waals surface area contributed by atoms with Crippen molar-refractivity contribution in [1.82, 2.24) is 9.13 Å². The van der Waals surface area contributed by atoms with Gasteiger partial charge in [-0.2, -0.15) is 0 Å². The molecule has 4 nitrogen and oxygen atoms in total. The SMILES string of the molecule is CCCc1cc2c3c(c1)-n1c(CCC)cc4c(N(c5ccccc5)c5ccccc5)ccc(c41)B3c1ccc(N(c3ccccc3)c3ccccc3)c3cc(P)n-2c13. The molecule has 4 heterocycles. The highest BCUT2D eigenvalue weighted by Crippen LogP contribution is 2.44. The summed E-state index contributed by atoms with van der Waals surface area (Å²) in [4.78, 5) is 4.86. The number of aryl methyl sites for hydroxylation is 2. The zero-order valence-corrected chi connectivity index (χ0v) is 34.1. The van der Waals surface area contributed by atoms with Gasteiger partial charge in [-0.1, -0.05) is 121 Å². The van der Waals surface area contributed by atoms with E-state index in [0.29, 0.717) is 0 Å². The largest absolute Gasteiger partial charge is 0.314 e. The zero-order valence-electron chi connectivity index (χ0n) is 32.9. The van der Waals surface area contributed by atoms with E-state index in [2.05, 4.69) is 212 Å². The van der Waals surface area contributed by atoms with Gasteiger partial charge < -0.3 is 18.9 Å². The van der Waals surface area contributed by atoms with Gasteiger partial charge in [-0.05, 0) is 120 Å². The van der Waals surface area contributed by atoms with Crippen molar-refractivity contribution in [2.75, 3.05) is 9.80 Å². The average Bonchev–Trinajstić information content (AvgIpc) is 3.83. The van der Waals surface area contributed by atoms with Gasteiger partial charge in [0.1, 0.15) is 0 Å². The first-order valence-electron chi connectivity index (χ1n) is 20.7. The summed E-state index contributed by atoms with van der Waals surface area (Å²) in [5, 5.41) is 2.55. The van der Waals surface area contributed by atoms with Gasteiger partial charge >= 0.3 is 0 Å². The van der Waals surface area contributed by atoms with Crippen molar-refractivity contribution in [3.63, 3.8) is 0 Å². The van der Waals surface area contributed by atoms with Crippen molar-refractivity contribution in [3.8, 4) is 11.4 Å². The fraction of sp³-hybridized carbons (Fsp3) is 0.115. The van der Waals surface area contributed by atoms with E-state index in [1.54, 1.807) is 0 Å². The molecule has 2 aliphatic heterocycles. The minimum atomic E-state index is 0.0706. The number of aromatic nitrogens is 2. The molecule has 2 aromatic heterocycles. The van der Waals surface area contributed by atoms with Gasteiger partial charge in [0.2, 0.25) is 0 Å². The molecule has 0 fully saturated rings. The highest BCUT2D eigenvalue weighted by Gasteiger charge is 2.42. The summed E-state index contributed by atoms with van der Waals surface area (Å²) in [6.07, 6.45) is 4.19. The average molecular weight is 767 g/mol. The molecule has 0 spiro atoms.